The average molecular weight is 284 g/mol. The summed E-state index contributed by atoms with van der Waals surface area (Å²) in [7, 11) is -4.54. The van der Waals surface area contributed by atoms with Crippen LogP contribution in [-0.4, -0.2) is 22.9 Å². The highest BCUT2D eigenvalue weighted by atomic mass is 32.2. The van der Waals surface area contributed by atoms with Crippen molar-refractivity contribution >= 4 is 21.0 Å². The van der Waals surface area contributed by atoms with Crippen LogP contribution in [-0.2, 0) is 16.5 Å². The van der Waals surface area contributed by atoms with E-state index in [0.29, 0.717) is 12.0 Å². The molecule has 0 aliphatic rings. The number of nitrogens with one attached hydrogen (secondary N) is 2. The van der Waals surface area contributed by atoms with Crippen LogP contribution in [0.1, 0.15) is 18.9 Å². The molecule has 2 aromatic rings. The van der Waals surface area contributed by atoms with Gasteiger partial charge in [0.1, 0.15) is 4.90 Å². The molecule has 2 rings (SSSR count). The van der Waals surface area contributed by atoms with Gasteiger partial charge in [0, 0.05) is 0 Å². The first kappa shape index (κ1) is 13.5. The second-order valence-corrected chi connectivity index (χ2v) is 5.50. The van der Waals surface area contributed by atoms with Crippen LogP contribution < -0.4 is 11.2 Å². The lowest BCUT2D eigenvalue weighted by Gasteiger charge is -2.07. The van der Waals surface area contributed by atoms with Crippen LogP contribution in [0.4, 0.5) is 0 Å². The first-order valence-corrected chi connectivity index (χ1v) is 7.04. The van der Waals surface area contributed by atoms with Gasteiger partial charge in [-0.2, -0.15) is 8.42 Å². The van der Waals surface area contributed by atoms with E-state index in [4.69, 9.17) is 4.55 Å². The summed E-state index contributed by atoms with van der Waals surface area (Å²) in [5.74, 6) is 0. The van der Waals surface area contributed by atoms with Gasteiger partial charge < -0.3 is 4.98 Å². The Hall–Kier alpha value is -1.93. The van der Waals surface area contributed by atoms with Gasteiger partial charge >= 0.3 is 5.69 Å². The molecular formula is C11H12N2O5S. The fraction of sp³-hybridized carbons (Fsp3) is 0.273. The van der Waals surface area contributed by atoms with Gasteiger partial charge in [-0.1, -0.05) is 19.4 Å². The third-order valence-corrected chi connectivity index (χ3v) is 3.64. The molecule has 19 heavy (non-hydrogen) atoms. The van der Waals surface area contributed by atoms with Crippen molar-refractivity contribution in [3.8, 4) is 0 Å². The molecule has 102 valence electrons. The molecular weight excluding hydrogens is 272 g/mol. The van der Waals surface area contributed by atoms with E-state index in [1.54, 1.807) is 0 Å². The van der Waals surface area contributed by atoms with E-state index in [1.807, 2.05) is 11.9 Å². The van der Waals surface area contributed by atoms with E-state index in [1.165, 1.54) is 6.07 Å². The zero-order valence-corrected chi connectivity index (χ0v) is 10.9. The van der Waals surface area contributed by atoms with E-state index < -0.39 is 26.3 Å². The third kappa shape index (κ3) is 2.45. The molecule has 3 N–H and O–H groups in total. The van der Waals surface area contributed by atoms with Crippen LogP contribution in [0.2, 0.25) is 0 Å². The lowest BCUT2D eigenvalue weighted by Crippen LogP contribution is -2.24. The summed E-state index contributed by atoms with van der Waals surface area (Å²) >= 11 is 0. The van der Waals surface area contributed by atoms with Crippen molar-refractivity contribution in [2.45, 2.75) is 24.7 Å². The quantitative estimate of drug-likeness (QED) is 0.705. The highest BCUT2D eigenvalue weighted by Crippen LogP contribution is 2.21. The molecule has 0 amide bonds. The number of benzene rings is 1. The smallest absolute Gasteiger partial charge is 0.307 e. The number of hydrogen-bond acceptors (Lipinski definition) is 4. The predicted octanol–water partition coefficient (Wildman–Crippen LogP) is 0.416. The summed E-state index contributed by atoms with van der Waals surface area (Å²) in [6.07, 6.45) is 1.33. The molecule has 0 saturated carbocycles. The molecule has 7 nitrogen and oxygen atoms in total. The Kier molecular flexibility index (Phi) is 3.29. The highest BCUT2D eigenvalue weighted by molar-refractivity contribution is 7.86. The van der Waals surface area contributed by atoms with E-state index in [2.05, 4.69) is 4.98 Å². The van der Waals surface area contributed by atoms with Crippen molar-refractivity contribution in [3.63, 3.8) is 0 Å². The van der Waals surface area contributed by atoms with Crippen molar-refractivity contribution in [2.24, 2.45) is 0 Å². The minimum Gasteiger partial charge on any atom is -0.307 e. The Morgan fingerprint density at radius 1 is 1.21 bits per heavy atom. The van der Waals surface area contributed by atoms with E-state index in [0.717, 1.165) is 12.5 Å². The third-order valence-electron chi connectivity index (χ3n) is 2.74. The van der Waals surface area contributed by atoms with Crippen molar-refractivity contribution in [2.75, 3.05) is 0 Å². The Labute approximate surface area is 108 Å². The van der Waals surface area contributed by atoms with Gasteiger partial charge in [0.2, 0.25) is 0 Å². The number of aryl methyl sites for hydroxylation is 1. The molecule has 0 saturated heterocycles. The van der Waals surface area contributed by atoms with Gasteiger partial charge in [-0.3, -0.25) is 14.3 Å². The molecule has 1 heterocycles. The molecule has 8 heteroatoms. The van der Waals surface area contributed by atoms with Gasteiger partial charge in [-0.25, -0.2) is 4.79 Å². The summed E-state index contributed by atoms with van der Waals surface area (Å²) < 4.78 is 31.7. The molecule has 0 spiro atoms. The van der Waals surface area contributed by atoms with Crippen LogP contribution in [0.5, 0.6) is 0 Å². The second kappa shape index (κ2) is 4.63. The van der Waals surface area contributed by atoms with Crippen LogP contribution in [0.15, 0.2) is 26.6 Å². The van der Waals surface area contributed by atoms with E-state index in [9.17, 15) is 18.0 Å². The Morgan fingerprint density at radius 2 is 1.89 bits per heavy atom. The molecule has 0 aliphatic carbocycles. The molecule has 1 aromatic heterocycles. The molecule has 0 atom stereocenters. The lowest BCUT2D eigenvalue weighted by molar-refractivity contribution is 0.484. The molecule has 0 unspecified atom stereocenters. The van der Waals surface area contributed by atoms with Crippen LogP contribution >= 0.6 is 0 Å². The minimum absolute atomic E-state index is 0.144. The summed E-state index contributed by atoms with van der Waals surface area (Å²) in [5, 5.41) is -0.229. The van der Waals surface area contributed by atoms with Gasteiger partial charge in [0.25, 0.3) is 15.7 Å². The maximum absolute atomic E-state index is 11.8. The zero-order valence-electron chi connectivity index (χ0n) is 10.1. The molecule has 0 bridgehead atoms. The SMILES string of the molecule is CCCc1ccc(S(=O)(=O)O)c2c(=O)[nH]c(=O)[nH]c12. The number of fused-ring (bicyclic) bond motifs is 1. The Morgan fingerprint density at radius 3 is 2.47 bits per heavy atom. The lowest BCUT2D eigenvalue weighted by atomic mass is 10.1. The summed E-state index contributed by atoms with van der Waals surface area (Å²) in [6, 6.07) is 2.64. The van der Waals surface area contributed by atoms with Crippen molar-refractivity contribution < 1.29 is 13.0 Å². The number of hydrogen-bond donors (Lipinski definition) is 3. The summed E-state index contributed by atoms with van der Waals surface area (Å²) in [6.45, 7) is 1.91. The van der Waals surface area contributed by atoms with Gasteiger partial charge in [-0.05, 0) is 18.1 Å². The zero-order chi connectivity index (χ0) is 14.2. The standard InChI is InChI=1S/C11H12N2O5S/c1-2-3-6-4-5-7(19(16,17)18)8-9(6)12-11(15)13-10(8)14/h4-5H,2-3H2,1H3,(H,16,17,18)(H2,12,13,14,15). The van der Waals surface area contributed by atoms with Gasteiger partial charge in [-0.15, -0.1) is 0 Å². The Balaban J connectivity index is 3.03. The molecule has 0 aliphatic heterocycles. The molecule has 0 fully saturated rings. The fourth-order valence-electron chi connectivity index (χ4n) is 2.00. The van der Waals surface area contributed by atoms with Crippen molar-refractivity contribution in [3.05, 3.63) is 38.5 Å². The topological polar surface area (TPSA) is 120 Å². The van der Waals surface area contributed by atoms with Crippen molar-refractivity contribution in [1.29, 1.82) is 0 Å². The van der Waals surface area contributed by atoms with Crippen LogP contribution in [0, 0.1) is 0 Å². The minimum atomic E-state index is -4.54. The molecule has 1 aromatic carbocycles. The number of aromatic nitrogens is 2. The first-order chi connectivity index (χ1) is 8.84. The van der Waals surface area contributed by atoms with Crippen LogP contribution in [0.25, 0.3) is 10.9 Å². The number of aromatic amines is 2. The summed E-state index contributed by atoms with van der Waals surface area (Å²) in [4.78, 5) is 26.9. The predicted molar refractivity (Wildman–Crippen MR) is 69.0 cm³/mol. The normalized spacial score (nSPS) is 11.9. The van der Waals surface area contributed by atoms with E-state index >= 15 is 0 Å². The monoisotopic (exact) mass is 284 g/mol. The average Bonchev–Trinajstić information content (AvgIpc) is 2.28. The highest BCUT2D eigenvalue weighted by Gasteiger charge is 2.19. The summed E-state index contributed by atoms with van der Waals surface area (Å²) in [5.41, 5.74) is -0.773. The maximum Gasteiger partial charge on any atom is 0.326 e. The van der Waals surface area contributed by atoms with Gasteiger partial charge in [0.05, 0.1) is 10.9 Å². The van der Waals surface area contributed by atoms with Crippen molar-refractivity contribution in [1.82, 2.24) is 9.97 Å². The second-order valence-electron chi connectivity index (χ2n) is 4.11. The first-order valence-electron chi connectivity index (χ1n) is 5.60. The largest absolute Gasteiger partial charge is 0.326 e. The maximum atomic E-state index is 11.8. The van der Waals surface area contributed by atoms with Crippen LogP contribution in [0.3, 0.4) is 0 Å². The number of H-pyrrole nitrogens is 2. The van der Waals surface area contributed by atoms with Gasteiger partial charge in [0.15, 0.2) is 0 Å². The van der Waals surface area contributed by atoms with E-state index in [-0.39, 0.29) is 10.9 Å². The Bertz CT molecular complexity index is 847. The number of rotatable bonds is 3. The molecule has 0 radical (unpaired) electrons. The fourth-order valence-corrected chi connectivity index (χ4v) is 2.69.